The van der Waals surface area contributed by atoms with Crippen molar-refractivity contribution in [1.29, 1.82) is 0 Å². The van der Waals surface area contributed by atoms with E-state index < -0.39 is 17.9 Å². The van der Waals surface area contributed by atoms with Crippen LogP contribution in [0.5, 0.6) is 5.75 Å². The minimum absolute atomic E-state index is 0.140. The number of nitrogens with one attached hydrogen (secondary N) is 2. The van der Waals surface area contributed by atoms with Gasteiger partial charge in [0.25, 0.3) is 11.8 Å². The molecule has 0 aliphatic carbocycles. The predicted octanol–water partition coefficient (Wildman–Crippen LogP) is 1.78. The minimum atomic E-state index is -1.09. The minimum Gasteiger partial charge on any atom is -0.490 e. The number of benzene rings is 2. The van der Waals surface area contributed by atoms with Crippen molar-refractivity contribution in [2.24, 2.45) is 5.73 Å². The zero-order valence-corrected chi connectivity index (χ0v) is 16.3. The largest absolute Gasteiger partial charge is 0.490 e. The van der Waals surface area contributed by atoms with E-state index in [1.165, 1.54) is 6.07 Å². The Balaban J connectivity index is 1.81. The Labute approximate surface area is 169 Å². The molecule has 1 aliphatic heterocycles. The van der Waals surface area contributed by atoms with Crippen LogP contribution in [-0.4, -0.2) is 42.1 Å². The van der Waals surface area contributed by atoms with Gasteiger partial charge in [-0.25, -0.2) is 0 Å². The van der Waals surface area contributed by atoms with Crippen LogP contribution in [0.1, 0.15) is 26.3 Å². The summed E-state index contributed by atoms with van der Waals surface area (Å²) in [6, 6.07) is 8.81. The number of anilines is 1. The maximum Gasteiger partial charge on any atom is 0.320 e. The van der Waals surface area contributed by atoms with Gasteiger partial charge in [-0.3, -0.25) is 14.4 Å². The summed E-state index contributed by atoms with van der Waals surface area (Å²) in [6.07, 6.45) is 0.140. The molecule has 5 N–H and O–H groups in total. The molecule has 3 rings (SSSR count). The molecule has 0 aromatic heterocycles. The van der Waals surface area contributed by atoms with Gasteiger partial charge >= 0.3 is 5.97 Å². The fourth-order valence-corrected chi connectivity index (χ4v) is 3.35. The van der Waals surface area contributed by atoms with Gasteiger partial charge in [0.05, 0.1) is 16.6 Å². The number of ether oxygens (including phenoxy) is 1. The summed E-state index contributed by atoms with van der Waals surface area (Å²) in [7, 11) is 0. The van der Waals surface area contributed by atoms with Crippen LogP contribution in [0.4, 0.5) is 5.69 Å². The Morgan fingerprint density at radius 2 is 2.11 bits per heavy atom. The maximum atomic E-state index is 12.7. The van der Waals surface area contributed by atoms with Crippen LogP contribution in [0, 0.1) is 0 Å². The number of rotatable bonds is 5. The smallest absolute Gasteiger partial charge is 0.320 e. The van der Waals surface area contributed by atoms with Crippen LogP contribution in [0.3, 0.4) is 0 Å². The van der Waals surface area contributed by atoms with Gasteiger partial charge in [-0.2, -0.15) is 0 Å². The number of carboxylic acid groups (broad SMARTS) is 1. The number of hydrogen-bond donors (Lipinski definition) is 4. The molecule has 1 aliphatic rings. The summed E-state index contributed by atoms with van der Waals surface area (Å²) in [5, 5.41) is 14.4. The molecule has 0 saturated carbocycles. The predicted molar refractivity (Wildman–Crippen MR) is 106 cm³/mol. The number of halogens is 1. The van der Waals surface area contributed by atoms with Crippen molar-refractivity contribution < 1.29 is 24.2 Å². The number of fused-ring (bicyclic) bond motifs is 1. The van der Waals surface area contributed by atoms with E-state index in [2.05, 4.69) is 26.6 Å². The first-order chi connectivity index (χ1) is 13.3. The zero-order chi connectivity index (χ0) is 20.3. The van der Waals surface area contributed by atoms with Gasteiger partial charge in [0, 0.05) is 11.3 Å². The van der Waals surface area contributed by atoms with Gasteiger partial charge in [0.15, 0.2) is 0 Å². The molecule has 28 heavy (non-hydrogen) atoms. The molecule has 0 radical (unpaired) electrons. The van der Waals surface area contributed by atoms with Crippen molar-refractivity contribution in [2.75, 3.05) is 18.5 Å². The van der Waals surface area contributed by atoms with Crippen LogP contribution < -0.4 is 21.1 Å². The number of carboxylic acids is 1. The quantitative estimate of drug-likeness (QED) is 0.552. The molecule has 0 saturated heterocycles. The first kappa shape index (κ1) is 19.8. The number of hydrogen-bond acceptors (Lipinski definition) is 5. The average molecular weight is 448 g/mol. The first-order valence-corrected chi connectivity index (χ1v) is 9.27. The second-order valence-electron chi connectivity index (χ2n) is 6.24. The molecule has 0 unspecified atom stereocenters. The van der Waals surface area contributed by atoms with Gasteiger partial charge in [0.1, 0.15) is 18.4 Å². The third-order valence-corrected chi connectivity index (χ3v) is 4.73. The third kappa shape index (κ3) is 4.49. The highest BCUT2D eigenvalue weighted by molar-refractivity contribution is 9.10. The van der Waals surface area contributed by atoms with E-state index in [4.69, 9.17) is 15.6 Å². The number of amides is 2. The highest BCUT2D eigenvalue weighted by atomic mass is 79.9. The molecule has 2 aromatic carbocycles. The molecule has 0 fully saturated rings. The molecule has 2 amide bonds. The molecule has 9 heteroatoms. The average Bonchev–Trinajstić information content (AvgIpc) is 2.84. The fourth-order valence-electron chi connectivity index (χ4n) is 2.77. The van der Waals surface area contributed by atoms with Gasteiger partial charge in [-0.15, -0.1) is 0 Å². The van der Waals surface area contributed by atoms with Gasteiger partial charge < -0.3 is 26.2 Å². The Bertz CT molecular complexity index is 947. The number of carbonyl (C=O) groups excluding carboxylic acids is 2. The van der Waals surface area contributed by atoms with Crippen molar-refractivity contribution in [3.05, 3.63) is 57.6 Å². The SMILES string of the molecule is N[C@@H](Cc1cccc(NC(=O)c2cc(Br)c3c(c2)C(=O)NCCO3)c1)C(=O)O. The molecule has 146 valence electrons. The fraction of sp³-hybridized carbons (Fsp3) is 0.211. The van der Waals surface area contributed by atoms with Crippen LogP contribution in [-0.2, 0) is 11.2 Å². The topological polar surface area (TPSA) is 131 Å². The Morgan fingerprint density at radius 1 is 1.32 bits per heavy atom. The molecule has 1 atom stereocenters. The van der Waals surface area contributed by atoms with E-state index in [1.807, 2.05) is 0 Å². The summed E-state index contributed by atoms with van der Waals surface area (Å²) >= 11 is 3.35. The Morgan fingerprint density at radius 3 is 2.86 bits per heavy atom. The molecule has 2 aromatic rings. The normalized spacial score (nSPS) is 14.1. The molecule has 8 nitrogen and oxygen atoms in total. The van der Waals surface area contributed by atoms with Crippen LogP contribution in [0.2, 0.25) is 0 Å². The maximum absolute atomic E-state index is 12.7. The van der Waals surface area contributed by atoms with Crippen LogP contribution >= 0.6 is 15.9 Å². The number of aliphatic carboxylic acids is 1. The lowest BCUT2D eigenvalue weighted by molar-refractivity contribution is -0.138. The summed E-state index contributed by atoms with van der Waals surface area (Å²) in [4.78, 5) is 35.8. The van der Waals surface area contributed by atoms with E-state index in [9.17, 15) is 14.4 Å². The van der Waals surface area contributed by atoms with Crippen LogP contribution in [0.15, 0.2) is 40.9 Å². The van der Waals surface area contributed by atoms with E-state index in [0.29, 0.717) is 34.6 Å². The molecule has 1 heterocycles. The molecule has 0 bridgehead atoms. The van der Waals surface area contributed by atoms with Crippen molar-refractivity contribution in [1.82, 2.24) is 5.32 Å². The molecule has 0 spiro atoms. The van der Waals surface area contributed by atoms with Crippen molar-refractivity contribution in [2.45, 2.75) is 12.5 Å². The molecular weight excluding hydrogens is 430 g/mol. The lowest BCUT2D eigenvalue weighted by Gasteiger charge is -2.12. The Hall–Kier alpha value is -2.91. The van der Waals surface area contributed by atoms with E-state index in [1.54, 1.807) is 30.3 Å². The van der Waals surface area contributed by atoms with E-state index >= 15 is 0 Å². The summed E-state index contributed by atoms with van der Waals surface area (Å²) in [6.45, 7) is 0.723. The molecular formula is C19H18BrN3O5. The highest BCUT2D eigenvalue weighted by Gasteiger charge is 2.22. The summed E-state index contributed by atoms with van der Waals surface area (Å²) in [5.41, 5.74) is 7.29. The third-order valence-electron chi connectivity index (χ3n) is 4.14. The highest BCUT2D eigenvalue weighted by Crippen LogP contribution is 2.32. The second-order valence-corrected chi connectivity index (χ2v) is 7.10. The van der Waals surface area contributed by atoms with Crippen molar-refractivity contribution in [3.63, 3.8) is 0 Å². The lowest BCUT2D eigenvalue weighted by atomic mass is 10.1. The van der Waals surface area contributed by atoms with Crippen molar-refractivity contribution >= 4 is 39.4 Å². The first-order valence-electron chi connectivity index (χ1n) is 8.48. The monoisotopic (exact) mass is 447 g/mol. The van der Waals surface area contributed by atoms with Gasteiger partial charge in [0.2, 0.25) is 0 Å². The second kappa shape index (κ2) is 8.41. The zero-order valence-electron chi connectivity index (χ0n) is 14.7. The van der Waals surface area contributed by atoms with Crippen LogP contribution in [0.25, 0.3) is 0 Å². The van der Waals surface area contributed by atoms with Gasteiger partial charge in [-0.1, -0.05) is 12.1 Å². The standard InChI is InChI=1S/C19H18BrN3O5/c20-14-9-11(8-13-16(14)28-5-4-22-18(13)25)17(24)23-12-3-1-2-10(6-12)7-15(21)19(26)27/h1-3,6,8-9,15H,4-5,7,21H2,(H,22,25)(H,23,24)(H,26,27)/t15-/m0/s1. The summed E-state index contributed by atoms with van der Waals surface area (Å²) in [5.74, 6) is -1.42. The summed E-state index contributed by atoms with van der Waals surface area (Å²) < 4.78 is 6.06. The Kier molecular flexibility index (Phi) is 5.96. The van der Waals surface area contributed by atoms with E-state index in [0.717, 1.165) is 0 Å². The number of nitrogens with two attached hydrogens (primary N) is 1. The van der Waals surface area contributed by atoms with Crippen molar-refractivity contribution in [3.8, 4) is 5.75 Å². The lowest BCUT2D eigenvalue weighted by Crippen LogP contribution is -2.32. The number of carbonyl (C=O) groups is 3. The van der Waals surface area contributed by atoms with Gasteiger partial charge in [-0.05, 0) is 52.2 Å². The van der Waals surface area contributed by atoms with E-state index in [-0.39, 0.29) is 23.5 Å².